The molecule has 0 spiro atoms. The molecule has 1 aromatic carbocycles. The molecule has 0 N–H and O–H groups in total. The lowest BCUT2D eigenvalue weighted by molar-refractivity contribution is -0.394. The fourth-order valence-electron chi connectivity index (χ4n) is 1.40. The Labute approximate surface area is 90.9 Å². The van der Waals surface area contributed by atoms with E-state index in [-0.39, 0.29) is 17.1 Å². The van der Waals surface area contributed by atoms with Crippen LogP contribution in [0.2, 0.25) is 0 Å². The summed E-state index contributed by atoms with van der Waals surface area (Å²) in [7, 11) is 1.30. The molecule has 1 rings (SSSR count). The Hall–Kier alpha value is -2.18. The van der Waals surface area contributed by atoms with Crippen molar-refractivity contribution >= 4 is 11.4 Å². The number of ether oxygens (including phenoxy) is 1. The van der Waals surface area contributed by atoms with Gasteiger partial charge in [-0.2, -0.15) is 0 Å². The van der Waals surface area contributed by atoms with Crippen LogP contribution in [0.15, 0.2) is 12.1 Å². The molecule has 0 atom stereocenters. The van der Waals surface area contributed by atoms with E-state index in [4.69, 9.17) is 4.74 Å². The fraction of sp³-hybridized carbons (Fsp3) is 0.333. The summed E-state index contributed by atoms with van der Waals surface area (Å²) < 4.78 is 4.90. The molecule has 0 aliphatic heterocycles. The molecule has 7 heteroatoms. The lowest BCUT2D eigenvalue weighted by Crippen LogP contribution is -2.00. The largest absolute Gasteiger partial charge is 0.490 e. The number of nitrogens with zero attached hydrogens (tertiary/aromatic N) is 2. The summed E-state index contributed by atoms with van der Waals surface area (Å²) >= 11 is 0. The number of nitro groups is 2. The second-order valence-corrected chi connectivity index (χ2v) is 3.03. The van der Waals surface area contributed by atoms with Gasteiger partial charge in [0.2, 0.25) is 5.75 Å². The molecule has 0 aromatic heterocycles. The number of methoxy groups -OCH3 is 1. The van der Waals surface area contributed by atoms with E-state index in [1.54, 1.807) is 6.92 Å². The lowest BCUT2D eigenvalue weighted by atomic mass is 10.1. The summed E-state index contributed by atoms with van der Waals surface area (Å²) in [6.07, 6.45) is 0.422. The van der Waals surface area contributed by atoms with Crippen molar-refractivity contribution < 1.29 is 14.6 Å². The SMILES string of the molecule is CCc1cc([N+](=O)[O-])cc([N+](=O)[O-])c1OC. The smallest absolute Gasteiger partial charge is 0.318 e. The van der Waals surface area contributed by atoms with E-state index < -0.39 is 9.85 Å². The first-order valence-corrected chi connectivity index (χ1v) is 4.51. The zero-order chi connectivity index (χ0) is 12.3. The van der Waals surface area contributed by atoms with Gasteiger partial charge in [-0.1, -0.05) is 6.92 Å². The molecule has 0 heterocycles. The highest BCUT2D eigenvalue weighted by Gasteiger charge is 2.23. The Morgan fingerprint density at radius 1 is 1.25 bits per heavy atom. The minimum Gasteiger partial charge on any atom is -0.490 e. The predicted molar refractivity (Wildman–Crippen MR) is 55.7 cm³/mol. The van der Waals surface area contributed by atoms with Crippen LogP contribution in [-0.4, -0.2) is 17.0 Å². The van der Waals surface area contributed by atoms with Crippen molar-refractivity contribution in [1.82, 2.24) is 0 Å². The zero-order valence-corrected chi connectivity index (χ0v) is 8.80. The number of rotatable bonds is 4. The van der Waals surface area contributed by atoms with E-state index in [1.807, 2.05) is 0 Å². The number of hydrogen-bond donors (Lipinski definition) is 0. The van der Waals surface area contributed by atoms with Gasteiger partial charge < -0.3 is 4.74 Å². The first kappa shape index (κ1) is 11.9. The normalized spacial score (nSPS) is 9.88. The zero-order valence-electron chi connectivity index (χ0n) is 8.80. The van der Waals surface area contributed by atoms with E-state index >= 15 is 0 Å². The highest BCUT2D eigenvalue weighted by Crippen LogP contribution is 2.35. The number of hydrogen-bond acceptors (Lipinski definition) is 5. The molecule has 7 nitrogen and oxygen atoms in total. The summed E-state index contributed by atoms with van der Waals surface area (Å²) in [4.78, 5) is 20.0. The van der Waals surface area contributed by atoms with Crippen LogP contribution < -0.4 is 4.74 Å². The van der Waals surface area contributed by atoms with Gasteiger partial charge in [0.05, 0.1) is 23.0 Å². The maximum absolute atomic E-state index is 10.7. The second-order valence-electron chi connectivity index (χ2n) is 3.03. The molecule has 0 saturated carbocycles. The van der Waals surface area contributed by atoms with E-state index in [1.165, 1.54) is 13.2 Å². The van der Waals surface area contributed by atoms with Crippen LogP contribution in [0.4, 0.5) is 11.4 Å². The summed E-state index contributed by atoms with van der Waals surface area (Å²) in [5.74, 6) is 0.0816. The second kappa shape index (κ2) is 4.56. The first-order valence-electron chi connectivity index (χ1n) is 4.51. The Kier molecular flexibility index (Phi) is 3.39. The van der Waals surface area contributed by atoms with Crippen LogP contribution in [0.1, 0.15) is 12.5 Å². The minimum absolute atomic E-state index is 0.0816. The van der Waals surface area contributed by atoms with Crippen LogP contribution >= 0.6 is 0 Å². The van der Waals surface area contributed by atoms with Crippen molar-refractivity contribution in [3.8, 4) is 5.75 Å². The van der Waals surface area contributed by atoms with Gasteiger partial charge in [0.15, 0.2) is 0 Å². The van der Waals surface area contributed by atoms with Crippen LogP contribution in [0.5, 0.6) is 5.75 Å². The molecule has 0 unspecified atom stereocenters. The molecule has 0 bridgehead atoms. The van der Waals surface area contributed by atoms with E-state index in [9.17, 15) is 20.2 Å². The van der Waals surface area contributed by atoms with Gasteiger partial charge in [-0.05, 0) is 6.42 Å². The van der Waals surface area contributed by atoms with Gasteiger partial charge in [0, 0.05) is 11.6 Å². The van der Waals surface area contributed by atoms with E-state index in [0.717, 1.165) is 6.07 Å². The highest BCUT2D eigenvalue weighted by atomic mass is 16.6. The lowest BCUT2D eigenvalue weighted by Gasteiger charge is -2.06. The van der Waals surface area contributed by atoms with Crippen LogP contribution in [-0.2, 0) is 6.42 Å². The standard InChI is InChI=1S/C9H10N2O5/c1-3-6-4-7(10(12)13)5-8(11(14)15)9(6)16-2/h4-5H,3H2,1-2H3. The van der Waals surface area contributed by atoms with Gasteiger partial charge in [0.25, 0.3) is 5.69 Å². The maximum atomic E-state index is 10.7. The number of nitro benzene ring substituents is 2. The van der Waals surface area contributed by atoms with Crippen molar-refractivity contribution in [2.45, 2.75) is 13.3 Å². The number of aryl methyl sites for hydroxylation is 1. The quantitative estimate of drug-likeness (QED) is 0.578. The Bertz CT molecular complexity index is 444. The van der Waals surface area contributed by atoms with Crippen molar-refractivity contribution in [3.63, 3.8) is 0 Å². The first-order chi connectivity index (χ1) is 7.51. The molecular formula is C9H10N2O5. The molecule has 0 amide bonds. The summed E-state index contributed by atoms with van der Waals surface area (Å²) in [5, 5.41) is 21.3. The van der Waals surface area contributed by atoms with Crippen molar-refractivity contribution in [2.75, 3.05) is 7.11 Å². The van der Waals surface area contributed by atoms with Gasteiger partial charge in [0.1, 0.15) is 0 Å². The highest BCUT2D eigenvalue weighted by molar-refractivity contribution is 5.58. The molecule has 0 aliphatic carbocycles. The predicted octanol–water partition coefficient (Wildman–Crippen LogP) is 2.07. The average Bonchev–Trinajstić information content (AvgIpc) is 2.26. The van der Waals surface area contributed by atoms with Crippen LogP contribution in [0.25, 0.3) is 0 Å². The molecule has 0 saturated heterocycles. The monoisotopic (exact) mass is 226 g/mol. The van der Waals surface area contributed by atoms with Crippen LogP contribution in [0, 0.1) is 20.2 Å². The maximum Gasteiger partial charge on any atom is 0.318 e. The average molecular weight is 226 g/mol. The molecule has 86 valence electrons. The molecule has 1 aromatic rings. The molecular weight excluding hydrogens is 216 g/mol. The van der Waals surface area contributed by atoms with Gasteiger partial charge in [-0.3, -0.25) is 20.2 Å². The van der Waals surface area contributed by atoms with Gasteiger partial charge in [-0.15, -0.1) is 0 Å². The Balaban J connectivity index is 3.49. The van der Waals surface area contributed by atoms with Crippen molar-refractivity contribution in [2.24, 2.45) is 0 Å². The third-order valence-electron chi connectivity index (χ3n) is 2.12. The summed E-state index contributed by atoms with van der Waals surface area (Å²) in [5.41, 5.74) is -0.235. The molecule has 0 aliphatic rings. The summed E-state index contributed by atoms with van der Waals surface area (Å²) in [6, 6.07) is 2.18. The van der Waals surface area contributed by atoms with Gasteiger partial charge >= 0.3 is 5.69 Å². The molecule has 0 radical (unpaired) electrons. The molecule has 0 fully saturated rings. The molecule has 16 heavy (non-hydrogen) atoms. The third-order valence-corrected chi connectivity index (χ3v) is 2.12. The van der Waals surface area contributed by atoms with Crippen molar-refractivity contribution in [1.29, 1.82) is 0 Å². The van der Waals surface area contributed by atoms with Gasteiger partial charge in [-0.25, -0.2) is 0 Å². The Morgan fingerprint density at radius 3 is 2.25 bits per heavy atom. The third kappa shape index (κ3) is 2.08. The van der Waals surface area contributed by atoms with Crippen LogP contribution in [0.3, 0.4) is 0 Å². The van der Waals surface area contributed by atoms with E-state index in [2.05, 4.69) is 0 Å². The minimum atomic E-state index is -0.689. The Morgan fingerprint density at radius 2 is 1.88 bits per heavy atom. The van der Waals surface area contributed by atoms with E-state index in [0.29, 0.717) is 12.0 Å². The fourth-order valence-corrected chi connectivity index (χ4v) is 1.40. The summed E-state index contributed by atoms with van der Waals surface area (Å²) in [6.45, 7) is 1.74. The topological polar surface area (TPSA) is 95.5 Å². The number of benzene rings is 1. The van der Waals surface area contributed by atoms with Crippen molar-refractivity contribution in [3.05, 3.63) is 37.9 Å². The number of non-ortho nitro benzene ring substituents is 1.